The van der Waals surface area contributed by atoms with Crippen molar-refractivity contribution in [3.63, 3.8) is 0 Å². The average molecular weight is 341 g/mol. The fraction of sp³-hybridized carbons (Fsp3) is 0.810. The van der Waals surface area contributed by atoms with Crippen LogP contribution in [0.5, 0.6) is 0 Å². The fourth-order valence-corrected chi connectivity index (χ4v) is 2.42. The van der Waals surface area contributed by atoms with Gasteiger partial charge in [0.15, 0.2) is 0 Å². The Morgan fingerprint density at radius 2 is 1.29 bits per heavy atom. The van der Waals surface area contributed by atoms with Crippen LogP contribution in [-0.4, -0.2) is 38.1 Å². The molecular weight excluding hydrogens is 300 g/mol. The van der Waals surface area contributed by atoms with Crippen LogP contribution >= 0.6 is 0 Å². The molecule has 3 heteroatoms. The van der Waals surface area contributed by atoms with Crippen molar-refractivity contribution in [2.24, 2.45) is 0 Å². The van der Waals surface area contributed by atoms with Crippen molar-refractivity contribution >= 4 is 0 Å². The number of rotatable bonds is 18. The van der Waals surface area contributed by atoms with Gasteiger partial charge in [-0.15, -0.1) is 0 Å². The van der Waals surface area contributed by atoms with Crippen molar-refractivity contribution < 1.29 is 14.6 Å². The van der Waals surface area contributed by atoms with Gasteiger partial charge in [-0.25, -0.2) is 0 Å². The zero-order valence-electron chi connectivity index (χ0n) is 16.0. The fourth-order valence-electron chi connectivity index (χ4n) is 2.42. The van der Waals surface area contributed by atoms with Crippen molar-refractivity contribution in [2.75, 3.05) is 26.9 Å². The number of aliphatic hydroxyl groups is 1. The first kappa shape index (κ1) is 23.4. The number of ether oxygens (including phenoxy) is 2. The second kappa shape index (κ2) is 20.4. The highest BCUT2D eigenvalue weighted by Crippen LogP contribution is 2.06. The van der Waals surface area contributed by atoms with E-state index in [0.717, 1.165) is 13.0 Å². The lowest BCUT2D eigenvalue weighted by molar-refractivity contribution is -0.00681. The van der Waals surface area contributed by atoms with E-state index in [4.69, 9.17) is 9.47 Å². The highest BCUT2D eigenvalue weighted by molar-refractivity contribution is 4.83. The van der Waals surface area contributed by atoms with Gasteiger partial charge in [0.2, 0.25) is 0 Å². The topological polar surface area (TPSA) is 38.7 Å². The molecule has 0 unspecified atom stereocenters. The number of unbranched alkanes of at least 4 members (excludes halogenated alkanes) is 8. The normalized spacial score (nSPS) is 13.3. The molecule has 0 heterocycles. The Morgan fingerprint density at radius 3 is 1.83 bits per heavy atom. The molecule has 0 spiro atoms. The number of hydrogen-bond donors (Lipinski definition) is 1. The Balaban J connectivity index is 3.17. The van der Waals surface area contributed by atoms with Crippen LogP contribution in [-0.2, 0) is 9.47 Å². The van der Waals surface area contributed by atoms with Crippen LogP contribution in [0.4, 0.5) is 0 Å². The molecule has 0 saturated heterocycles. The van der Waals surface area contributed by atoms with E-state index in [2.05, 4.69) is 31.2 Å². The predicted octanol–water partition coefficient (Wildman–Crippen LogP) is 5.43. The van der Waals surface area contributed by atoms with E-state index in [1.54, 1.807) is 7.11 Å². The Morgan fingerprint density at radius 1 is 0.750 bits per heavy atom. The Labute approximate surface area is 150 Å². The molecule has 1 N–H and O–H groups in total. The molecule has 24 heavy (non-hydrogen) atoms. The van der Waals surface area contributed by atoms with E-state index in [1.165, 1.54) is 64.2 Å². The van der Waals surface area contributed by atoms with E-state index in [-0.39, 0.29) is 0 Å². The molecule has 0 fully saturated rings. The van der Waals surface area contributed by atoms with Gasteiger partial charge in [-0.1, -0.05) is 50.5 Å². The van der Waals surface area contributed by atoms with Crippen molar-refractivity contribution in [1.29, 1.82) is 0 Å². The third-order valence-corrected chi connectivity index (χ3v) is 3.88. The quantitative estimate of drug-likeness (QED) is 0.267. The van der Waals surface area contributed by atoms with Gasteiger partial charge < -0.3 is 14.6 Å². The zero-order valence-corrected chi connectivity index (χ0v) is 16.0. The third kappa shape index (κ3) is 19.4. The van der Waals surface area contributed by atoms with E-state index >= 15 is 0 Å². The molecule has 0 radical (unpaired) electrons. The molecule has 0 aliphatic rings. The SMILES string of the molecule is CCCC/C=C\CCCC/C=C\CCCCCOC[C@@H](O)COC. The summed E-state index contributed by atoms with van der Waals surface area (Å²) in [5.41, 5.74) is 0. The highest BCUT2D eigenvalue weighted by atomic mass is 16.5. The predicted molar refractivity (Wildman–Crippen MR) is 103 cm³/mol. The molecule has 142 valence electrons. The molecule has 0 aromatic carbocycles. The average Bonchev–Trinajstić information content (AvgIpc) is 2.58. The van der Waals surface area contributed by atoms with Gasteiger partial charge in [0.25, 0.3) is 0 Å². The minimum atomic E-state index is -0.496. The summed E-state index contributed by atoms with van der Waals surface area (Å²) >= 11 is 0. The van der Waals surface area contributed by atoms with Crippen LogP contribution in [0.15, 0.2) is 24.3 Å². The first-order valence-corrected chi connectivity index (χ1v) is 9.86. The van der Waals surface area contributed by atoms with Gasteiger partial charge in [0.05, 0.1) is 13.2 Å². The Hall–Kier alpha value is -0.640. The Bertz CT molecular complexity index is 287. The van der Waals surface area contributed by atoms with E-state index in [1.807, 2.05) is 0 Å². The number of methoxy groups -OCH3 is 1. The number of aliphatic hydroxyl groups excluding tert-OH is 1. The molecule has 0 aromatic heterocycles. The van der Waals surface area contributed by atoms with Gasteiger partial charge in [-0.05, 0) is 51.4 Å². The molecular formula is C21H40O3. The van der Waals surface area contributed by atoms with Crippen molar-refractivity contribution in [2.45, 2.75) is 83.7 Å². The van der Waals surface area contributed by atoms with Gasteiger partial charge >= 0.3 is 0 Å². The van der Waals surface area contributed by atoms with Crippen molar-refractivity contribution in [3.05, 3.63) is 24.3 Å². The van der Waals surface area contributed by atoms with Crippen LogP contribution in [0.3, 0.4) is 0 Å². The molecule has 0 aliphatic heterocycles. The smallest absolute Gasteiger partial charge is 0.101 e. The lowest BCUT2D eigenvalue weighted by Gasteiger charge is -2.09. The van der Waals surface area contributed by atoms with E-state index in [0.29, 0.717) is 13.2 Å². The molecule has 0 saturated carbocycles. The lowest BCUT2D eigenvalue weighted by atomic mass is 10.1. The molecule has 3 nitrogen and oxygen atoms in total. The molecule has 0 bridgehead atoms. The molecule has 1 atom stereocenters. The largest absolute Gasteiger partial charge is 0.388 e. The summed E-state index contributed by atoms with van der Waals surface area (Å²) in [5.74, 6) is 0. The zero-order chi connectivity index (χ0) is 17.7. The molecule has 0 amide bonds. The van der Waals surface area contributed by atoms with Gasteiger partial charge in [-0.2, -0.15) is 0 Å². The first-order valence-electron chi connectivity index (χ1n) is 9.86. The monoisotopic (exact) mass is 340 g/mol. The maximum Gasteiger partial charge on any atom is 0.101 e. The number of hydrogen-bond acceptors (Lipinski definition) is 3. The summed E-state index contributed by atoms with van der Waals surface area (Å²) in [5, 5.41) is 9.41. The third-order valence-electron chi connectivity index (χ3n) is 3.88. The maximum atomic E-state index is 9.41. The summed E-state index contributed by atoms with van der Waals surface area (Å²) in [6, 6.07) is 0. The standard InChI is InChI=1S/C21H40O3/c1-3-4-5-6-7-8-9-10-11-12-13-14-15-16-17-18-24-20-21(22)19-23-2/h6-7,12-13,21-22H,3-5,8-11,14-20H2,1-2H3/b7-6-,13-12-/t21-/m0/s1. The summed E-state index contributed by atoms with van der Waals surface area (Å²) in [6.07, 6.45) is 22.4. The summed E-state index contributed by atoms with van der Waals surface area (Å²) in [4.78, 5) is 0. The van der Waals surface area contributed by atoms with Crippen LogP contribution in [0.1, 0.15) is 77.6 Å². The van der Waals surface area contributed by atoms with E-state index in [9.17, 15) is 5.11 Å². The van der Waals surface area contributed by atoms with Crippen LogP contribution in [0.2, 0.25) is 0 Å². The lowest BCUT2D eigenvalue weighted by Crippen LogP contribution is -2.21. The van der Waals surface area contributed by atoms with Crippen molar-refractivity contribution in [3.8, 4) is 0 Å². The highest BCUT2D eigenvalue weighted by Gasteiger charge is 2.02. The molecule has 0 aromatic rings. The van der Waals surface area contributed by atoms with Crippen LogP contribution in [0, 0.1) is 0 Å². The van der Waals surface area contributed by atoms with Gasteiger partial charge in [-0.3, -0.25) is 0 Å². The van der Waals surface area contributed by atoms with Gasteiger partial charge in [0, 0.05) is 13.7 Å². The second-order valence-electron chi connectivity index (χ2n) is 6.40. The van der Waals surface area contributed by atoms with E-state index < -0.39 is 6.10 Å². The molecule has 0 rings (SSSR count). The minimum absolute atomic E-state index is 0.347. The van der Waals surface area contributed by atoms with Gasteiger partial charge in [0.1, 0.15) is 6.10 Å². The molecule has 0 aliphatic carbocycles. The Kier molecular flexibility index (Phi) is 19.9. The summed E-state index contributed by atoms with van der Waals surface area (Å²) in [6.45, 7) is 3.70. The maximum absolute atomic E-state index is 9.41. The second-order valence-corrected chi connectivity index (χ2v) is 6.40. The summed E-state index contributed by atoms with van der Waals surface area (Å²) in [7, 11) is 1.59. The minimum Gasteiger partial charge on any atom is -0.388 e. The van der Waals surface area contributed by atoms with Crippen molar-refractivity contribution in [1.82, 2.24) is 0 Å². The number of allylic oxidation sites excluding steroid dienone is 4. The first-order chi connectivity index (χ1) is 11.8. The van der Waals surface area contributed by atoms with Crippen LogP contribution in [0.25, 0.3) is 0 Å². The van der Waals surface area contributed by atoms with Crippen LogP contribution < -0.4 is 0 Å². The summed E-state index contributed by atoms with van der Waals surface area (Å²) < 4.78 is 10.3.